The summed E-state index contributed by atoms with van der Waals surface area (Å²) in [7, 11) is 0. The van der Waals surface area contributed by atoms with Crippen molar-refractivity contribution in [3.05, 3.63) is 64.4 Å². The Balaban J connectivity index is 1.30. The van der Waals surface area contributed by atoms with Gasteiger partial charge in [-0.15, -0.1) is 0 Å². The molecule has 0 spiro atoms. The number of rotatable bonds is 4. The van der Waals surface area contributed by atoms with Gasteiger partial charge >= 0.3 is 0 Å². The number of ether oxygens (including phenoxy) is 2. The Bertz CT molecular complexity index is 1530. The normalized spacial score (nSPS) is 14.2. The van der Waals surface area contributed by atoms with Crippen molar-refractivity contribution in [3.8, 4) is 23.3 Å². The van der Waals surface area contributed by atoms with E-state index in [0.717, 1.165) is 24.1 Å². The van der Waals surface area contributed by atoms with Crippen molar-refractivity contribution in [2.24, 2.45) is 5.92 Å². The molecule has 36 heavy (non-hydrogen) atoms. The van der Waals surface area contributed by atoms with Gasteiger partial charge in [0, 0.05) is 5.92 Å². The van der Waals surface area contributed by atoms with Crippen molar-refractivity contribution < 1.29 is 14.3 Å². The summed E-state index contributed by atoms with van der Waals surface area (Å²) in [6.45, 7) is 2.66. The van der Waals surface area contributed by atoms with Crippen LogP contribution >= 0.6 is 11.6 Å². The van der Waals surface area contributed by atoms with Crippen LogP contribution in [0, 0.1) is 24.7 Å². The van der Waals surface area contributed by atoms with Gasteiger partial charge < -0.3 is 25.1 Å². The Hall–Kier alpha value is -4.22. The minimum absolute atomic E-state index is 0.321. The Morgan fingerprint density at radius 1 is 1.17 bits per heavy atom. The summed E-state index contributed by atoms with van der Waals surface area (Å²) in [5, 5.41) is 6.70. The number of nitrogens with zero attached hydrogens (tertiary/aromatic N) is 2. The molecular formula is C27H22ClN5O3. The third-order valence-corrected chi connectivity index (χ3v) is 6.29. The van der Waals surface area contributed by atoms with Crippen LogP contribution in [0.3, 0.4) is 0 Å². The number of amides is 1. The second-order valence-electron chi connectivity index (χ2n) is 8.75. The molecule has 0 bridgehead atoms. The summed E-state index contributed by atoms with van der Waals surface area (Å²) in [5.74, 6) is 7.69. The fraction of sp³-hybridized carbons (Fsp3) is 0.222. The van der Waals surface area contributed by atoms with Crippen LogP contribution in [0.2, 0.25) is 5.02 Å². The van der Waals surface area contributed by atoms with Crippen molar-refractivity contribution in [1.82, 2.24) is 15.0 Å². The van der Waals surface area contributed by atoms with E-state index >= 15 is 0 Å². The number of carbonyl (C=O) groups excluding carboxylic acids is 1. The van der Waals surface area contributed by atoms with Crippen LogP contribution in [0.25, 0.3) is 11.0 Å². The molecule has 8 nitrogen and oxygen atoms in total. The van der Waals surface area contributed by atoms with Gasteiger partial charge in [-0.25, -0.2) is 9.97 Å². The molecule has 1 amide bonds. The maximum Gasteiger partial charge on any atom is 0.259 e. The first-order valence-electron chi connectivity index (χ1n) is 11.7. The van der Waals surface area contributed by atoms with E-state index in [1.165, 1.54) is 0 Å². The zero-order valence-electron chi connectivity index (χ0n) is 19.4. The number of pyridine rings is 1. The second kappa shape index (κ2) is 9.10. The fourth-order valence-corrected chi connectivity index (χ4v) is 4.22. The lowest BCUT2D eigenvalue weighted by molar-refractivity contribution is 0.101. The predicted molar refractivity (Wildman–Crippen MR) is 138 cm³/mol. The van der Waals surface area contributed by atoms with Crippen molar-refractivity contribution in [3.63, 3.8) is 0 Å². The van der Waals surface area contributed by atoms with E-state index in [0.29, 0.717) is 69.6 Å². The monoisotopic (exact) mass is 499 g/mol. The van der Waals surface area contributed by atoms with E-state index in [-0.39, 0.29) is 5.91 Å². The zero-order chi connectivity index (χ0) is 24.6. The standard InChI is InChI=1S/C27H22ClN5O3/c1-15-3-2-4-20(28)22(15)32-27-31-21-13-19(24-25(23(21)33-27)36-12-11-35-24)26(34)30-18-10-9-17(29-14-18)8-7-16-5-6-16/h2-4,9-10,13-14,16H,5-6,11-12H2,1H3,(H,30,34)(H2,31,32,33). The minimum Gasteiger partial charge on any atom is -0.485 e. The Labute approximate surface area is 212 Å². The molecule has 9 heteroatoms. The van der Waals surface area contributed by atoms with Crippen LogP contribution in [0.15, 0.2) is 42.6 Å². The number of aryl methyl sites for hydroxylation is 1. The molecule has 3 heterocycles. The molecule has 1 fully saturated rings. The van der Waals surface area contributed by atoms with Crippen LogP contribution < -0.4 is 20.1 Å². The van der Waals surface area contributed by atoms with Gasteiger partial charge in [-0.1, -0.05) is 29.7 Å². The highest BCUT2D eigenvalue weighted by molar-refractivity contribution is 6.33. The molecule has 0 atom stereocenters. The highest BCUT2D eigenvalue weighted by atomic mass is 35.5. The van der Waals surface area contributed by atoms with E-state index in [9.17, 15) is 4.79 Å². The van der Waals surface area contributed by atoms with Gasteiger partial charge in [-0.2, -0.15) is 0 Å². The molecule has 2 aromatic heterocycles. The molecule has 3 N–H and O–H groups in total. The van der Waals surface area contributed by atoms with Crippen LogP contribution in [0.5, 0.6) is 11.5 Å². The van der Waals surface area contributed by atoms with Crippen LogP contribution in [-0.2, 0) is 0 Å². The van der Waals surface area contributed by atoms with Gasteiger partial charge in [0.15, 0.2) is 11.5 Å². The number of benzene rings is 2. The first-order chi connectivity index (χ1) is 17.5. The number of aromatic nitrogens is 3. The molecule has 0 saturated heterocycles. The third-order valence-electron chi connectivity index (χ3n) is 5.98. The number of aromatic amines is 1. The summed E-state index contributed by atoms with van der Waals surface area (Å²) in [6.07, 6.45) is 3.92. The van der Waals surface area contributed by atoms with E-state index < -0.39 is 0 Å². The van der Waals surface area contributed by atoms with Crippen molar-refractivity contribution in [2.45, 2.75) is 19.8 Å². The molecule has 1 aliphatic heterocycles. The van der Waals surface area contributed by atoms with Gasteiger partial charge in [0.05, 0.1) is 33.7 Å². The average molecular weight is 500 g/mol. The number of carbonyl (C=O) groups is 1. The number of hydrogen-bond donors (Lipinski definition) is 3. The molecule has 0 radical (unpaired) electrons. The molecular weight excluding hydrogens is 478 g/mol. The number of fused-ring (bicyclic) bond motifs is 3. The van der Waals surface area contributed by atoms with E-state index in [2.05, 4.69) is 37.4 Å². The summed E-state index contributed by atoms with van der Waals surface area (Å²) in [6, 6.07) is 10.9. The summed E-state index contributed by atoms with van der Waals surface area (Å²) in [5.41, 5.74) is 4.47. The quantitative estimate of drug-likeness (QED) is 0.323. The number of H-pyrrole nitrogens is 1. The highest BCUT2D eigenvalue weighted by Crippen LogP contribution is 2.41. The van der Waals surface area contributed by atoms with Gasteiger partial charge in [0.25, 0.3) is 5.91 Å². The van der Waals surface area contributed by atoms with Crippen LogP contribution in [0.1, 0.15) is 34.5 Å². The van der Waals surface area contributed by atoms with Crippen LogP contribution in [0.4, 0.5) is 17.3 Å². The largest absolute Gasteiger partial charge is 0.485 e. The predicted octanol–water partition coefficient (Wildman–Crippen LogP) is 5.45. The number of anilines is 3. The second-order valence-corrected chi connectivity index (χ2v) is 9.15. The minimum atomic E-state index is -0.350. The lowest BCUT2D eigenvalue weighted by Crippen LogP contribution is -2.20. The highest BCUT2D eigenvalue weighted by Gasteiger charge is 2.26. The maximum absolute atomic E-state index is 13.3. The average Bonchev–Trinajstić information content (AvgIpc) is 3.62. The lowest BCUT2D eigenvalue weighted by atomic mass is 10.1. The Morgan fingerprint density at radius 2 is 2.00 bits per heavy atom. The van der Waals surface area contributed by atoms with Gasteiger partial charge in [-0.3, -0.25) is 4.79 Å². The maximum atomic E-state index is 13.3. The summed E-state index contributed by atoms with van der Waals surface area (Å²) >= 11 is 6.37. The lowest BCUT2D eigenvalue weighted by Gasteiger charge is -2.21. The molecule has 1 saturated carbocycles. The number of nitrogens with one attached hydrogen (secondary N) is 3. The summed E-state index contributed by atoms with van der Waals surface area (Å²) in [4.78, 5) is 25.5. The van der Waals surface area contributed by atoms with E-state index in [1.54, 1.807) is 24.4 Å². The van der Waals surface area contributed by atoms with Crippen LogP contribution in [-0.4, -0.2) is 34.1 Å². The third kappa shape index (κ3) is 4.41. The van der Waals surface area contributed by atoms with Gasteiger partial charge in [0.1, 0.15) is 24.4 Å². The first kappa shape index (κ1) is 22.3. The SMILES string of the molecule is Cc1cccc(Cl)c1Nc1nc2cc(C(=O)Nc3ccc(C#CC4CC4)nc3)c3c(c2[nH]1)OCCO3. The Morgan fingerprint density at radius 3 is 2.75 bits per heavy atom. The van der Waals surface area contributed by atoms with Gasteiger partial charge in [-0.05, 0) is 55.5 Å². The topological polar surface area (TPSA) is 101 Å². The van der Waals surface area contributed by atoms with Crippen molar-refractivity contribution >= 4 is 45.9 Å². The first-order valence-corrected chi connectivity index (χ1v) is 12.1. The number of imidazole rings is 1. The molecule has 0 unspecified atom stereocenters. The molecule has 2 aromatic carbocycles. The number of halogens is 1. The van der Waals surface area contributed by atoms with E-state index in [4.69, 9.17) is 21.1 Å². The Kier molecular flexibility index (Phi) is 5.62. The molecule has 2 aliphatic rings. The van der Waals surface area contributed by atoms with Gasteiger partial charge in [0.2, 0.25) is 5.95 Å². The molecule has 4 aromatic rings. The molecule has 180 valence electrons. The zero-order valence-corrected chi connectivity index (χ0v) is 20.2. The van der Waals surface area contributed by atoms with E-state index in [1.807, 2.05) is 25.1 Å². The smallest absolute Gasteiger partial charge is 0.259 e. The fourth-order valence-electron chi connectivity index (χ4n) is 3.95. The molecule has 6 rings (SSSR count). The van der Waals surface area contributed by atoms with Crippen molar-refractivity contribution in [2.75, 3.05) is 23.8 Å². The summed E-state index contributed by atoms with van der Waals surface area (Å²) < 4.78 is 11.8. The number of hydrogen-bond acceptors (Lipinski definition) is 6. The van der Waals surface area contributed by atoms with Crippen molar-refractivity contribution in [1.29, 1.82) is 0 Å². The molecule has 1 aliphatic carbocycles. The number of para-hydroxylation sites is 1.